The van der Waals surface area contributed by atoms with Gasteiger partial charge in [0.05, 0.1) is 5.69 Å². The maximum Gasteiger partial charge on any atom is 0.120 e. The lowest BCUT2D eigenvalue weighted by atomic mass is 10.1. The van der Waals surface area contributed by atoms with Crippen molar-refractivity contribution in [2.24, 2.45) is 5.73 Å². The summed E-state index contributed by atoms with van der Waals surface area (Å²) in [7, 11) is 0. The summed E-state index contributed by atoms with van der Waals surface area (Å²) in [6.07, 6.45) is 0.878. The summed E-state index contributed by atoms with van der Waals surface area (Å²) in [5.74, 6) is 1.21. The second-order valence-corrected chi connectivity index (χ2v) is 4.06. The first kappa shape index (κ1) is 11.7. The van der Waals surface area contributed by atoms with E-state index >= 15 is 0 Å². The SMILES string of the molecule is CCc1nc(-c2ccc(O)c(CN)c2)c(C)[nH]1. The highest BCUT2D eigenvalue weighted by Crippen LogP contribution is 2.26. The lowest BCUT2D eigenvalue weighted by Crippen LogP contribution is -1.97. The predicted octanol–water partition coefficient (Wildman–Crippen LogP) is 2.11. The molecule has 0 amide bonds. The van der Waals surface area contributed by atoms with Gasteiger partial charge in [0.1, 0.15) is 11.6 Å². The molecule has 0 unspecified atom stereocenters. The van der Waals surface area contributed by atoms with E-state index in [1.54, 1.807) is 6.07 Å². The molecule has 4 N–H and O–H groups in total. The van der Waals surface area contributed by atoms with Crippen molar-refractivity contribution in [3.05, 3.63) is 35.3 Å². The third kappa shape index (κ3) is 2.17. The van der Waals surface area contributed by atoms with Gasteiger partial charge in [-0.05, 0) is 25.1 Å². The minimum absolute atomic E-state index is 0.236. The smallest absolute Gasteiger partial charge is 0.120 e. The van der Waals surface area contributed by atoms with Gasteiger partial charge < -0.3 is 15.8 Å². The third-order valence-electron chi connectivity index (χ3n) is 2.84. The molecule has 0 aliphatic carbocycles. The molecule has 0 aliphatic rings. The molecule has 2 rings (SSSR count). The molecule has 0 bridgehead atoms. The normalized spacial score (nSPS) is 10.8. The van der Waals surface area contributed by atoms with E-state index in [2.05, 4.69) is 16.9 Å². The Kier molecular flexibility index (Phi) is 3.15. The predicted molar refractivity (Wildman–Crippen MR) is 67.7 cm³/mol. The van der Waals surface area contributed by atoms with Crippen molar-refractivity contribution < 1.29 is 5.11 Å². The number of aromatic hydroxyl groups is 1. The number of H-pyrrole nitrogens is 1. The van der Waals surface area contributed by atoms with E-state index in [0.717, 1.165) is 34.8 Å². The quantitative estimate of drug-likeness (QED) is 0.757. The van der Waals surface area contributed by atoms with Gasteiger partial charge in [0, 0.05) is 29.8 Å². The van der Waals surface area contributed by atoms with E-state index in [1.165, 1.54) is 0 Å². The number of aryl methyl sites for hydroxylation is 2. The first-order valence-electron chi connectivity index (χ1n) is 5.73. The molecular weight excluding hydrogens is 214 g/mol. The van der Waals surface area contributed by atoms with Crippen molar-refractivity contribution in [2.75, 3.05) is 0 Å². The van der Waals surface area contributed by atoms with Gasteiger partial charge in [-0.25, -0.2) is 4.98 Å². The summed E-state index contributed by atoms with van der Waals surface area (Å²) in [6.45, 7) is 4.38. The highest BCUT2D eigenvalue weighted by Gasteiger charge is 2.10. The molecule has 2 aromatic rings. The first-order valence-corrected chi connectivity index (χ1v) is 5.73. The van der Waals surface area contributed by atoms with Crippen molar-refractivity contribution >= 4 is 0 Å². The second kappa shape index (κ2) is 4.59. The van der Waals surface area contributed by atoms with Crippen molar-refractivity contribution in [2.45, 2.75) is 26.8 Å². The maximum atomic E-state index is 9.59. The zero-order chi connectivity index (χ0) is 12.4. The lowest BCUT2D eigenvalue weighted by molar-refractivity contribution is 0.468. The summed E-state index contributed by atoms with van der Waals surface area (Å²) in [5, 5.41) is 9.59. The molecule has 4 heteroatoms. The van der Waals surface area contributed by atoms with Crippen LogP contribution in [0.1, 0.15) is 24.0 Å². The second-order valence-electron chi connectivity index (χ2n) is 4.06. The van der Waals surface area contributed by atoms with Crippen molar-refractivity contribution in [1.82, 2.24) is 9.97 Å². The number of phenolic OH excluding ortho intramolecular Hbond substituents is 1. The average molecular weight is 231 g/mol. The van der Waals surface area contributed by atoms with Crippen LogP contribution in [0, 0.1) is 6.92 Å². The fourth-order valence-electron chi connectivity index (χ4n) is 1.87. The molecule has 17 heavy (non-hydrogen) atoms. The monoisotopic (exact) mass is 231 g/mol. The summed E-state index contributed by atoms with van der Waals surface area (Å²) >= 11 is 0. The first-order chi connectivity index (χ1) is 8.15. The molecule has 90 valence electrons. The fourth-order valence-corrected chi connectivity index (χ4v) is 1.87. The Labute approximate surface area is 101 Å². The lowest BCUT2D eigenvalue weighted by Gasteiger charge is -2.04. The summed E-state index contributed by atoms with van der Waals surface area (Å²) in [4.78, 5) is 7.77. The Balaban J connectivity index is 2.48. The Hall–Kier alpha value is -1.81. The molecule has 0 aliphatic heterocycles. The van der Waals surface area contributed by atoms with Crippen LogP contribution >= 0.6 is 0 Å². The van der Waals surface area contributed by atoms with Crippen molar-refractivity contribution in [3.8, 4) is 17.0 Å². The molecule has 1 aromatic carbocycles. The molecule has 1 heterocycles. The number of nitrogens with one attached hydrogen (secondary N) is 1. The van der Waals surface area contributed by atoms with E-state index in [4.69, 9.17) is 5.73 Å². The zero-order valence-corrected chi connectivity index (χ0v) is 10.1. The van der Waals surface area contributed by atoms with Crippen LogP contribution in [0.2, 0.25) is 0 Å². The molecule has 0 fully saturated rings. The average Bonchev–Trinajstić information content (AvgIpc) is 2.71. The number of rotatable bonds is 3. The summed E-state index contributed by atoms with van der Waals surface area (Å²) in [6, 6.07) is 5.41. The van der Waals surface area contributed by atoms with Gasteiger partial charge >= 0.3 is 0 Å². The van der Waals surface area contributed by atoms with Crippen molar-refractivity contribution in [1.29, 1.82) is 0 Å². The van der Waals surface area contributed by atoms with Crippen LogP contribution in [0.25, 0.3) is 11.3 Å². The Bertz CT molecular complexity index is 531. The van der Waals surface area contributed by atoms with Gasteiger partial charge in [0.15, 0.2) is 0 Å². The number of nitrogens with two attached hydrogens (primary N) is 1. The summed E-state index contributed by atoms with van der Waals surface area (Å²) < 4.78 is 0. The minimum Gasteiger partial charge on any atom is -0.508 e. The van der Waals surface area contributed by atoms with E-state index in [-0.39, 0.29) is 5.75 Å². The molecule has 0 saturated heterocycles. The number of aromatic nitrogens is 2. The molecular formula is C13H17N3O. The van der Waals surface area contributed by atoms with Gasteiger partial charge in [0.2, 0.25) is 0 Å². The van der Waals surface area contributed by atoms with E-state index in [0.29, 0.717) is 6.54 Å². The molecule has 0 atom stereocenters. The highest BCUT2D eigenvalue weighted by atomic mass is 16.3. The Morgan fingerprint density at radius 3 is 2.76 bits per heavy atom. The third-order valence-corrected chi connectivity index (χ3v) is 2.84. The number of benzene rings is 1. The molecule has 0 saturated carbocycles. The fraction of sp³-hybridized carbons (Fsp3) is 0.308. The van der Waals surface area contributed by atoms with Crippen LogP contribution in [-0.4, -0.2) is 15.1 Å². The molecule has 4 nitrogen and oxygen atoms in total. The largest absolute Gasteiger partial charge is 0.508 e. The van der Waals surface area contributed by atoms with Gasteiger partial charge in [-0.15, -0.1) is 0 Å². The molecule has 0 spiro atoms. The standard InChI is InChI=1S/C13H17N3O/c1-3-12-15-8(2)13(16-12)9-4-5-11(17)10(6-9)7-14/h4-6,17H,3,7,14H2,1-2H3,(H,15,16). The van der Waals surface area contributed by atoms with Crippen LogP contribution in [0.4, 0.5) is 0 Å². The van der Waals surface area contributed by atoms with E-state index in [1.807, 2.05) is 19.1 Å². The minimum atomic E-state index is 0.236. The van der Waals surface area contributed by atoms with Crippen LogP contribution in [0.15, 0.2) is 18.2 Å². The van der Waals surface area contributed by atoms with Gasteiger partial charge in [-0.3, -0.25) is 0 Å². The Morgan fingerprint density at radius 2 is 2.18 bits per heavy atom. The topological polar surface area (TPSA) is 74.9 Å². The zero-order valence-electron chi connectivity index (χ0n) is 10.1. The number of hydrogen-bond acceptors (Lipinski definition) is 3. The van der Waals surface area contributed by atoms with Crippen LogP contribution in [0.5, 0.6) is 5.75 Å². The molecule has 1 aromatic heterocycles. The van der Waals surface area contributed by atoms with Gasteiger partial charge in [0.25, 0.3) is 0 Å². The van der Waals surface area contributed by atoms with Gasteiger partial charge in [-0.2, -0.15) is 0 Å². The highest BCUT2D eigenvalue weighted by molar-refractivity contribution is 5.64. The van der Waals surface area contributed by atoms with Crippen LogP contribution < -0.4 is 5.73 Å². The van der Waals surface area contributed by atoms with Gasteiger partial charge in [-0.1, -0.05) is 6.92 Å². The number of imidazole rings is 1. The number of phenols is 1. The van der Waals surface area contributed by atoms with E-state index < -0.39 is 0 Å². The number of aromatic amines is 1. The maximum absolute atomic E-state index is 9.59. The summed E-state index contributed by atoms with van der Waals surface area (Å²) in [5.41, 5.74) is 9.27. The molecule has 0 radical (unpaired) electrons. The van der Waals surface area contributed by atoms with Crippen LogP contribution in [-0.2, 0) is 13.0 Å². The van der Waals surface area contributed by atoms with Crippen molar-refractivity contribution in [3.63, 3.8) is 0 Å². The van der Waals surface area contributed by atoms with E-state index in [9.17, 15) is 5.11 Å². The van der Waals surface area contributed by atoms with Crippen LogP contribution in [0.3, 0.4) is 0 Å². The Morgan fingerprint density at radius 1 is 1.41 bits per heavy atom. The number of nitrogens with zero attached hydrogens (tertiary/aromatic N) is 1. The number of hydrogen-bond donors (Lipinski definition) is 3.